The topological polar surface area (TPSA) is 72.7 Å². The van der Waals surface area contributed by atoms with Crippen molar-refractivity contribution in [2.75, 3.05) is 0 Å². The predicted octanol–water partition coefficient (Wildman–Crippen LogP) is 2.31. The molecule has 0 bridgehead atoms. The van der Waals surface area contributed by atoms with Crippen LogP contribution in [0.5, 0.6) is 0 Å². The number of amides is 1. The number of nitrogens with one attached hydrogen (secondary N) is 1. The Hall–Kier alpha value is -2.25. The van der Waals surface area contributed by atoms with Crippen LogP contribution in [0, 0.1) is 0 Å². The minimum Gasteiger partial charge on any atom is -0.347 e. The molecule has 0 aromatic carbocycles. The van der Waals surface area contributed by atoms with Gasteiger partial charge in [-0.1, -0.05) is 17.7 Å². The third-order valence-electron chi connectivity index (χ3n) is 2.71. The van der Waals surface area contributed by atoms with E-state index >= 15 is 0 Å². The molecule has 0 atom stereocenters. The molecule has 106 valence electrons. The number of nitrogens with zero attached hydrogens (tertiary/aromatic N) is 4. The van der Waals surface area contributed by atoms with E-state index in [1.165, 1.54) is 17.7 Å². The fraction of sp³-hybridized carbons (Fsp3) is 0.0769. The minimum atomic E-state index is -0.146. The van der Waals surface area contributed by atoms with E-state index in [0.29, 0.717) is 21.6 Å². The van der Waals surface area contributed by atoms with Gasteiger partial charge >= 0.3 is 0 Å². The molecule has 0 aliphatic rings. The molecule has 0 spiro atoms. The summed E-state index contributed by atoms with van der Waals surface area (Å²) in [6, 6.07) is 7.11. The van der Waals surface area contributed by atoms with E-state index in [2.05, 4.69) is 20.4 Å². The van der Waals surface area contributed by atoms with Crippen LogP contribution in [0.2, 0.25) is 4.34 Å². The van der Waals surface area contributed by atoms with Gasteiger partial charge in [0.15, 0.2) is 5.82 Å². The number of hydrogen-bond acceptors (Lipinski definition) is 5. The Morgan fingerprint density at radius 3 is 2.86 bits per heavy atom. The summed E-state index contributed by atoms with van der Waals surface area (Å²) in [6.07, 6.45) is 4.71. The summed E-state index contributed by atoms with van der Waals surface area (Å²) in [5, 5.41) is 6.82. The van der Waals surface area contributed by atoms with Gasteiger partial charge in [0.2, 0.25) is 0 Å². The number of thiophene rings is 1. The standard InChI is InChI=1S/C13H10ClN5OS/c14-11-3-2-10(21-11)13(20)17-6-9-1-4-12(16-5-9)19-8-15-7-18-19/h1-5,7-8H,6H2,(H,17,20). The SMILES string of the molecule is O=C(NCc1ccc(-n2cncn2)nc1)c1ccc(Cl)s1. The maximum absolute atomic E-state index is 11.9. The largest absolute Gasteiger partial charge is 0.347 e. The van der Waals surface area contributed by atoms with Gasteiger partial charge < -0.3 is 5.32 Å². The molecule has 8 heteroatoms. The quantitative estimate of drug-likeness (QED) is 0.801. The van der Waals surface area contributed by atoms with Crippen LogP contribution in [0.1, 0.15) is 15.2 Å². The lowest BCUT2D eigenvalue weighted by Crippen LogP contribution is -2.21. The molecule has 3 aromatic rings. The average Bonchev–Trinajstić information content (AvgIpc) is 3.16. The lowest BCUT2D eigenvalue weighted by molar-refractivity contribution is 0.0955. The number of carbonyl (C=O) groups excluding carboxylic acids is 1. The summed E-state index contributed by atoms with van der Waals surface area (Å²) in [5.41, 5.74) is 0.898. The Bertz CT molecular complexity index is 738. The van der Waals surface area contributed by atoms with Gasteiger partial charge in [0, 0.05) is 12.7 Å². The Kier molecular flexibility index (Phi) is 3.94. The third kappa shape index (κ3) is 3.26. The summed E-state index contributed by atoms with van der Waals surface area (Å²) >= 11 is 7.05. The van der Waals surface area contributed by atoms with E-state index in [1.807, 2.05) is 12.1 Å². The molecule has 1 N–H and O–H groups in total. The van der Waals surface area contributed by atoms with Crippen molar-refractivity contribution < 1.29 is 4.79 Å². The zero-order valence-electron chi connectivity index (χ0n) is 10.7. The van der Waals surface area contributed by atoms with Crippen LogP contribution in [0.15, 0.2) is 43.1 Å². The number of pyridine rings is 1. The molecular formula is C13H10ClN5OS. The minimum absolute atomic E-state index is 0.146. The van der Waals surface area contributed by atoms with Crippen LogP contribution in [0.4, 0.5) is 0 Å². The van der Waals surface area contributed by atoms with Crippen molar-refractivity contribution in [3.63, 3.8) is 0 Å². The first kappa shape index (κ1) is 13.7. The molecule has 6 nitrogen and oxygen atoms in total. The highest BCUT2D eigenvalue weighted by Crippen LogP contribution is 2.21. The smallest absolute Gasteiger partial charge is 0.261 e. The number of rotatable bonds is 4. The first-order chi connectivity index (χ1) is 10.2. The molecule has 0 unspecified atom stereocenters. The second-order valence-corrected chi connectivity index (χ2v) is 5.87. The number of carbonyl (C=O) groups is 1. The number of aromatic nitrogens is 4. The summed E-state index contributed by atoms with van der Waals surface area (Å²) in [6.45, 7) is 0.402. The second kappa shape index (κ2) is 6.02. The Morgan fingerprint density at radius 1 is 1.33 bits per heavy atom. The first-order valence-corrected chi connectivity index (χ1v) is 7.25. The van der Waals surface area contributed by atoms with E-state index in [-0.39, 0.29) is 5.91 Å². The molecule has 0 fully saturated rings. The second-order valence-electron chi connectivity index (χ2n) is 4.15. The normalized spacial score (nSPS) is 10.5. The predicted molar refractivity (Wildman–Crippen MR) is 79.7 cm³/mol. The first-order valence-electron chi connectivity index (χ1n) is 6.06. The molecule has 3 heterocycles. The molecule has 0 saturated carbocycles. The van der Waals surface area contributed by atoms with Crippen LogP contribution >= 0.6 is 22.9 Å². The van der Waals surface area contributed by atoms with Crippen molar-refractivity contribution in [3.05, 3.63) is 57.9 Å². The highest BCUT2D eigenvalue weighted by molar-refractivity contribution is 7.17. The molecule has 0 aliphatic carbocycles. The molecule has 21 heavy (non-hydrogen) atoms. The van der Waals surface area contributed by atoms with E-state index in [9.17, 15) is 4.79 Å². The molecular weight excluding hydrogens is 310 g/mol. The fourth-order valence-electron chi connectivity index (χ4n) is 1.69. The van der Waals surface area contributed by atoms with Crippen LogP contribution in [-0.4, -0.2) is 25.7 Å². The molecule has 0 radical (unpaired) electrons. The van der Waals surface area contributed by atoms with Crippen molar-refractivity contribution in [2.24, 2.45) is 0 Å². The lowest BCUT2D eigenvalue weighted by atomic mass is 10.3. The third-order valence-corrected chi connectivity index (χ3v) is 3.94. The molecule has 0 saturated heterocycles. The Labute approximate surface area is 129 Å². The van der Waals surface area contributed by atoms with E-state index < -0.39 is 0 Å². The van der Waals surface area contributed by atoms with Gasteiger partial charge in [-0.05, 0) is 23.8 Å². The highest BCUT2D eigenvalue weighted by atomic mass is 35.5. The van der Waals surface area contributed by atoms with Gasteiger partial charge in [-0.3, -0.25) is 4.79 Å². The van der Waals surface area contributed by atoms with Gasteiger partial charge in [0.05, 0.1) is 9.21 Å². The highest BCUT2D eigenvalue weighted by Gasteiger charge is 2.08. The average molecular weight is 320 g/mol. The Morgan fingerprint density at radius 2 is 2.24 bits per heavy atom. The number of halogens is 1. The van der Waals surface area contributed by atoms with E-state index in [1.54, 1.807) is 29.3 Å². The van der Waals surface area contributed by atoms with Crippen LogP contribution < -0.4 is 5.32 Å². The monoisotopic (exact) mass is 319 g/mol. The fourth-order valence-corrected chi connectivity index (χ4v) is 2.65. The summed E-state index contributed by atoms with van der Waals surface area (Å²) in [7, 11) is 0. The van der Waals surface area contributed by atoms with Gasteiger partial charge in [-0.25, -0.2) is 14.6 Å². The molecule has 3 aromatic heterocycles. The van der Waals surface area contributed by atoms with Crippen LogP contribution in [-0.2, 0) is 6.54 Å². The van der Waals surface area contributed by atoms with Crippen molar-refractivity contribution in [3.8, 4) is 5.82 Å². The maximum atomic E-state index is 11.9. The van der Waals surface area contributed by atoms with Crippen LogP contribution in [0.3, 0.4) is 0 Å². The van der Waals surface area contributed by atoms with Crippen molar-refractivity contribution in [1.29, 1.82) is 0 Å². The zero-order valence-corrected chi connectivity index (χ0v) is 12.3. The summed E-state index contributed by atoms with van der Waals surface area (Å²) in [5.74, 6) is 0.528. The van der Waals surface area contributed by atoms with Crippen LogP contribution in [0.25, 0.3) is 5.82 Å². The van der Waals surface area contributed by atoms with Gasteiger partial charge in [-0.15, -0.1) is 11.3 Å². The summed E-state index contributed by atoms with van der Waals surface area (Å²) in [4.78, 5) is 20.6. The Balaban J connectivity index is 1.62. The van der Waals surface area contributed by atoms with Gasteiger partial charge in [-0.2, -0.15) is 5.10 Å². The van der Waals surface area contributed by atoms with Gasteiger partial charge in [0.25, 0.3) is 5.91 Å². The van der Waals surface area contributed by atoms with Crippen molar-refractivity contribution in [2.45, 2.75) is 6.54 Å². The molecule has 0 aliphatic heterocycles. The summed E-state index contributed by atoms with van der Waals surface area (Å²) < 4.78 is 2.16. The lowest BCUT2D eigenvalue weighted by Gasteiger charge is -2.04. The van der Waals surface area contributed by atoms with Crippen molar-refractivity contribution >= 4 is 28.8 Å². The van der Waals surface area contributed by atoms with E-state index in [0.717, 1.165) is 5.56 Å². The maximum Gasteiger partial charge on any atom is 0.261 e. The zero-order chi connectivity index (χ0) is 14.7. The molecule has 3 rings (SSSR count). The number of hydrogen-bond donors (Lipinski definition) is 1. The molecule has 1 amide bonds. The van der Waals surface area contributed by atoms with Gasteiger partial charge in [0.1, 0.15) is 12.7 Å². The van der Waals surface area contributed by atoms with E-state index in [4.69, 9.17) is 11.6 Å². The van der Waals surface area contributed by atoms with Crippen molar-refractivity contribution in [1.82, 2.24) is 25.1 Å².